The summed E-state index contributed by atoms with van der Waals surface area (Å²) < 4.78 is 33.6. The van der Waals surface area contributed by atoms with Crippen molar-refractivity contribution in [2.75, 3.05) is 6.54 Å². The first-order chi connectivity index (χ1) is 13.4. The number of nitrogens with one attached hydrogen (secondary N) is 1. The van der Waals surface area contributed by atoms with Gasteiger partial charge in [-0.2, -0.15) is 10.2 Å². The van der Waals surface area contributed by atoms with Crippen LogP contribution in [0.3, 0.4) is 0 Å². The van der Waals surface area contributed by atoms with E-state index in [1.165, 1.54) is 0 Å². The fraction of sp³-hybridized carbons (Fsp3) is 0.238. The van der Waals surface area contributed by atoms with Crippen molar-refractivity contribution in [2.45, 2.75) is 31.3 Å². The van der Waals surface area contributed by atoms with E-state index in [-0.39, 0.29) is 24.0 Å². The molecule has 7 heteroatoms. The summed E-state index contributed by atoms with van der Waals surface area (Å²) >= 11 is 0. The van der Waals surface area contributed by atoms with Gasteiger partial charge in [-0.1, -0.05) is 55.0 Å². The third-order valence-electron chi connectivity index (χ3n) is 4.53. The summed E-state index contributed by atoms with van der Waals surface area (Å²) in [6.45, 7) is 4.14. The quantitative estimate of drug-likeness (QED) is 0.652. The Kier molecular flexibility index (Phi) is 5.93. The third-order valence-corrected chi connectivity index (χ3v) is 5.84. The summed E-state index contributed by atoms with van der Waals surface area (Å²) in [7, 11) is -4.01. The molecule has 0 aliphatic carbocycles. The Morgan fingerprint density at radius 1 is 1.14 bits per heavy atom. The molecule has 1 aromatic heterocycles. The average Bonchev–Trinajstić information content (AvgIpc) is 3.15. The summed E-state index contributed by atoms with van der Waals surface area (Å²) in [5.74, 6) is 0.119. The van der Waals surface area contributed by atoms with Crippen LogP contribution >= 0.6 is 0 Å². The topological polar surface area (TPSA) is 96.0 Å². The number of rotatable bonds is 7. The Labute approximate surface area is 164 Å². The number of nitrogens with zero attached hydrogens (tertiary/aromatic N) is 2. The molecular formula is C21H21N3O3S. The number of benzene rings is 2. The average molecular weight is 395 g/mol. The van der Waals surface area contributed by atoms with Crippen LogP contribution in [-0.2, 0) is 10.0 Å². The van der Waals surface area contributed by atoms with Crippen LogP contribution in [-0.4, -0.2) is 19.9 Å². The van der Waals surface area contributed by atoms with Gasteiger partial charge in [0, 0.05) is 12.1 Å². The zero-order valence-electron chi connectivity index (χ0n) is 15.7. The van der Waals surface area contributed by atoms with Crippen LogP contribution in [0.5, 0.6) is 0 Å². The fourth-order valence-electron chi connectivity index (χ4n) is 2.88. The van der Waals surface area contributed by atoms with Gasteiger partial charge in [0.25, 0.3) is 15.1 Å². The highest BCUT2D eigenvalue weighted by atomic mass is 32.2. The Morgan fingerprint density at radius 2 is 1.82 bits per heavy atom. The molecule has 3 rings (SSSR count). The highest BCUT2D eigenvalue weighted by molar-refractivity contribution is 7.89. The van der Waals surface area contributed by atoms with E-state index in [4.69, 9.17) is 4.42 Å². The second kappa shape index (κ2) is 8.38. The van der Waals surface area contributed by atoms with Gasteiger partial charge in [0.05, 0.1) is 0 Å². The minimum atomic E-state index is -4.01. The third kappa shape index (κ3) is 4.30. The van der Waals surface area contributed by atoms with Crippen molar-refractivity contribution in [3.63, 3.8) is 0 Å². The molecule has 6 nitrogen and oxygen atoms in total. The monoisotopic (exact) mass is 395 g/mol. The first-order valence-corrected chi connectivity index (χ1v) is 10.5. The molecule has 1 atom stereocenters. The van der Waals surface area contributed by atoms with Gasteiger partial charge in [0.15, 0.2) is 5.69 Å². The summed E-state index contributed by atoms with van der Waals surface area (Å²) in [4.78, 5) is 4.05. The smallest absolute Gasteiger partial charge is 0.277 e. The number of hydrogen-bond donors (Lipinski definition) is 1. The minimum Gasteiger partial charge on any atom is -0.422 e. The highest BCUT2D eigenvalue weighted by Gasteiger charge is 2.27. The summed E-state index contributed by atoms with van der Waals surface area (Å²) in [6, 6.07) is 18.8. The van der Waals surface area contributed by atoms with Gasteiger partial charge >= 0.3 is 0 Å². The Balaban J connectivity index is 1.85. The lowest BCUT2D eigenvalue weighted by Gasteiger charge is -2.15. The Hall–Kier alpha value is -2.95. The molecule has 1 heterocycles. The maximum atomic E-state index is 12.8. The number of oxazole rings is 1. The van der Waals surface area contributed by atoms with Gasteiger partial charge < -0.3 is 4.42 Å². The van der Waals surface area contributed by atoms with Crippen LogP contribution in [0, 0.1) is 18.3 Å². The maximum absolute atomic E-state index is 12.8. The molecule has 0 saturated heterocycles. The largest absolute Gasteiger partial charge is 0.422 e. The van der Waals surface area contributed by atoms with Gasteiger partial charge in [-0.05, 0) is 37.0 Å². The van der Waals surface area contributed by atoms with E-state index in [0.717, 1.165) is 17.5 Å². The predicted octanol–water partition coefficient (Wildman–Crippen LogP) is 3.99. The van der Waals surface area contributed by atoms with E-state index in [9.17, 15) is 13.7 Å². The van der Waals surface area contributed by atoms with Crippen molar-refractivity contribution in [3.8, 4) is 17.5 Å². The molecule has 28 heavy (non-hydrogen) atoms. The first kappa shape index (κ1) is 19.8. The molecule has 0 aliphatic heterocycles. The maximum Gasteiger partial charge on any atom is 0.277 e. The zero-order chi connectivity index (χ0) is 20.1. The lowest BCUT2D eigenvalue weighted by molar-refractivity contribution is 0.451. The first-order valence-electron chi connectivity index (χ1n) is 8.97. The molecule has 0 aliphatic rings. The van der Waals surface area contributed by atoms with Crippen molar-refractivity contribution in [1.29, 1.82) is 5.26 Å². The minimum absolute atomic E-state index is 0.0148. The lowest BCUT2D eigenvalue weighted by Crippen LogP contribution is -2.28. The van der Waals surface area contributed by atoms with Gasteiger partial charge in [-0.15, -0.1) is 0 Å². The summed E-state index contributed by atoms with van der Waals surface area (Å²) in [5.41, 5.74) is 2.46. The number of aryl methyl sites for hydroxylation is 1. The number of sulfonamides is 1. The van der Waals surface area contributed by atoms with Crippen molar-refractivity contribution < 1.29 is 12.8 Å². The molecule has 3 aromatic rings. The second-order valence-electron chi connectivity index (χ2n) is 6.50. The molecule has 0 radical (unpaired) electrons. The van der Waals surface area contributed by atoms with E-state index >= 15 is 0 Å². The van der Waals surface area contributed by atoms with Gasteiger partial charge in [-0.3, -0.25) is 0 Å². The van der Waals surface area contributed by atoms with Crippen molar-refractivity contribution in [2.24, 2.45) is 0 Å². The van der Waals surface area contributed by atoms with Crippen LogP contribution in [0.4, 0.5) is 0 Å². The zero-order valence-corrected chi connectivity index (χ0v) is 16.5. The Bertz CT molecular complexity index is 1080. The van der Waals surface area contributed by atoms with Crippen LogP contribution in [0.2, 0.25) is 0 Å². The van der Waals surface area contributed by atoms with E-state index in [2.05, 4.69) is 9.71 Å². The standard InChI is InChI=1S/C21H21N3O3S/c1-3-16(17-7-5-4-6-8-17)14-23-28(25,26)21-19(13-22)24-20(27-21)18-11-9-15(2)10-12-18/h4-12,16,23H,3,14H2,1-2H3. The number of aromatic nitrogens is 1. The lowest BCUT2D eigenvalue weighted by atomic mass is 9.97. The molecule has 0 amide bonds. The molecule has 1 N–H and O–H groups in total. The molecule has 0 bridgehead atoms. The molecule has 2 aromatic carbocycles. The molecule has 0 spiro atoms. The predicted molar refractivity (Wildman–Crippen MR) is 106 cm³/mol. The number of nitriles is 1. The van der Waals surface area contributed by atoms with E-state index in [1.807, 2.05) is 62.4 Å². The van der Waals surface area contributed by atoms with E-state index < -0.39 is 15.1 Å². The molecule has 144 valence electrons. The highest BCUT2D eigenvalue weighted by Crippen LogP contribution is 2.26. The van der Waals surface area contributed by atoms with Crippen LogP contribution < -0.4 is 4.72 Å². The summed E-state index contributed by atoms with van der Waals surface area (Å²) in [5, 5.41) is 8.87. The normalized spacial score (nSPS) is 12.5. The van der Waals surface area contributed by atoms with E-state index in [0.29, 0.717) is 5.56 Å². The van der Waals surface area contributed by atoms with Gasteiger partial charge in [0.1, 0.15) is 6.07 Å². The number of hydrogen-bond acceptors (Lipinski definition) is 5. The van der Waals surface area contributed by atoms with Crippen LogP contribution in [0.1, 0.15) is 36.1 Å². The molecular weight excluding hydrogens is 374 g/mol. The van der Waals surface area contributed by atoms with Crippen molar-refractivity contribution in [3.05, 3.63) is 71.4 Å². The fourth-order valence-corrected chi connectivity index (χ4v) is 3.96. The van der Waals surface area contributed by atoms with Crippen LogP contribution in [0.25, 0.3) is 11.5 Å². The second-order valence-corrected chi connectivity index (χ2v) is 8.17. The SMILES string of the molecule is CCC(CNS(=O)(=O)c1oc(-c2ccc(C)cc2)nc1C#N)c1ccccc1. The Morgan fingerprint density at radius 3 is 2.43 bits per heavy atom. The van der Waals surface area contributed by atoms with Gasteiger partial charge in [0.2, 0.25) is 5.89 Å². The van der Waals surface area contributed by atoms with E-state index in [1.54, 1.807) is 12.1 Å². The van der Waals surface area contributed by atoms with Crippen molar-refractivity contribution in [1.82, 2.24) is 9.71 Å². The summed E-state index contributed by atoms with van der Waals surface area (Å²) in [6.07, 6.45) is 0.767. The van der Waals surface area contributed by atoms with Gasteiger partial charge in [-0.25, -0.2) is 13.1 Å². The molecule has 0 saturated carbocycles. The van der Waals surface area contributed by atoms with Crippen molar-refractivity contribution >= 4 is 10.0 Å². The molecule has 0 fully saturated rings. The van der Waals surface area contributed by atoms with Crippen LogP contribution in [0.15, 0.2) is 64.1 Å². The molecule has 1 unspecified atom stereocenters.